The maximum atomic E-state index is 11.9. The van der Waals surface area contributed by atoms with Crippen LogP contribution in [0, 0.1) is 0 Å². The van der Waals surface area contributed by atoms with Crippen molar-refractivity contribution in [1.82, 2.24) is 10.3 Å². The molecule has 5 nitrogen and oxygen atoms in total. The summed E-state index contributed by atoms with van der Waals surface area (Å²) in [6.45, 7) is 2.12. The lowest BCUT2D eigenvalue weighted by Crippen LogP contribution is -2.26. The van der Waals surface area contributed by atoms with Crippen molar-refractivity contribution in [2.75, 3.05) is 13.2 Å². The first-order valence-electron chi connectivity index (χ1n) is 9.04. The van der Waals surface area contributed by atoms with Crippen LogP contribution in [0.1, 0.15) is 22.2 Å². The van der Waals surface area contributed by atoms with Gasteiger partial charge in [-0.3, -0.25) is 9.59 Å². The number of ketones is 1. The van der Waals surface area contributed by atoms with Crippen molar-refractivity contribution in [2.24, 2.45) is 0 Å². The average molecular weight is 461 g/mol. The number of hydrogen-bond donors (Lipinski definition) is 1. The number of halogens is 2. The predicted octanol–water partition coefficient (Wildman–Crippen LogP) is 5.53. The van der Waals surface area contributed by atoms with Gasteiger partial charge in [0.1, 0.15) is 17.5 Å². The van der Waals surface area contributed by atoms with Gasteiger partial charge in [0.25, 0.3) is 0 Å². The fraction of sp³-hybridized carbons (Fsp3) is 0.136. The summed E-state index contributed by atoms with van der Waals surface area (Å²) in [6.07, 6.45) is 4.57. The number of carbonyl (C=O) groups excluding carboxylic acids is 2. The summed E-state index contributed by atoms with van der Waals surface area (Å²) in [5.74, 6) is 0.298. The zero-order chi connectivity index (χ0) is 21.5. The number of benzene rings is 1. The second kappa shape index (κ2) is 10.4. The summed E-state index contributed by atoms with van der Waals surface area (Å²) in [5.41, 5.74) is 1.58. The lowest BCUT2D eigenvalue weighted by molar-refractivity contribution is -0.116. The van der Waals surface area contributed by atoms with Crippen molar-refractivity contribution in [2.45, 2.75) is 6.92 Å². The molecule has 8 heteroatoms. The molecule has 2 heterocycles. The highest BCUT2D eigenvalue weighted by Gasteiger charge is 2.09. The monoisotopic (exact) mass is 460 g/mol. The molecule has 2 aromatic heterocycles. The molecule has 0 saturated heterocycles. The second-order valence-electron chi connectivity index (χ2n) is 6.22. The molecule has 0 spiro atoms. The molecule has 1 amide bonds. The molecular formula is C22H18Cl2N2O3S. The van der Waals surface area contributed by atoms with Gasteiger partial charge in [0.05, 0.1) is 16.4 Å². The van der Waals surface area contributed by atoms with Gasteiger partial charge in [-0.05, 0) is 55.0 Å². The first-order chi connectivity index (χ1) is 14.4. The van der Waals surface area contributed by atoms with Gasteiger partial charge in [0.2, 0.25) is 5.91 Å². The van der Waals surface area contributed by atoms with E-state index in [-0.39, 0.29) is 18.3 Å². The van der Waals surface area contributed by atoms with Gasteiger partial charge in [-0.2, -0.15) is 0 Å². The molecule has 0 unspecified atom stereocenters. The third-order valence-corrected chi connectivity index (χ3v) is 5.88. The van der Waals surface area contributed by atoms with Gasteiger partial charge in [0.15, 0.2) is 5.78 Å². The number of nitrogens with zero attached hydrogens (tertiary/aromatic N) is 1. The molecule has 0 aliphatic heterocycles. The number of pyridine rings is 1. The van der Waals surface area contributed by atoms with Crippen molar-refractivity contribution in [1.29, 1.82) is 0 Å². The molecule has 0 radical (unpaired) electrons. The minimum absolute atomic E-state index is 0.0396. The number of hydrogen-bond acceptors (Lipinski definition) is 5. The molecule has 30 heavy (non-hydrogen) atoms. The van der Waals surface area contributed by atoms with Crippen molar-refractivity contribution in [3.05, 3.63) is 75.4 Å². The van der Waals surface area contributed by atoms with Crippen molar-refractivity contribution in [3.63, 3.8) is 0 Å². The normalized spacial score (nSPS) is 10.9. The SMILES string of the molecule is CC(=O)c1ccc(-c2ccc(OCCNC(=O)/C=C/c3cccnc3Cl)c(Cl)c2)s1. The first-order valence-corrected chi connectivity index (χ1v) is 10.6. The van der Waals surface area contributed by atoms with Crippen LogP contribution < -0.4 is 10.1 Å². The molecule has 0 fully saturated rings. The molecule has 0 bridgehead atoms. The largest absolute Gasteiger partial charge is 0.490 e. The molecule has 0 aliphatic carbocycles. The minimum atomic E-state index is -0.265. The second-order valence-corrected chi connectivity index (χ2v) is 8.07. The Balaban J connectivity index is 1.49. The summed E-state index contributed by atoms with van der Waals surface area (Å²) in [7, 11) is 0. The third-order valence-electron chi connectivity index (χ3n) is 4.03. The molecule has 1 aromatic carbocycles. The highest BCUT2D eigenvalue weighted by Crippen LogP contribution is 2.34. The summed E-state index contributed by atoms with van der Waals surface area (Å²) < 4.78 is 5.65. The lowest BCUT2D eigenvalue weighted by Gasteiger charge is -2.09. The average Bonchev–Trinajstić information content (AvgIpc) is 3.22. The number of nitrogens with one attached hydrogen (secondary N) is 1. The number of carbonyl (C=O) groups is 2. The minimum Gasteiger partial charge on any atom is -0.490 e. The predicted molar refractivity (Wildman–Crippen MR) is 122 cm³/mol. The Morgan fingerprint density at radius 3 is 2.73 bits per heavy atom. The van der Waals surface area contributed by atoms with Gasteiger partial charge in [-0.1, -0.05) is 29.3 Å². The Hall–Kier alpha value is -2.67. The van der Waals surface area contributed by atoms with E-state index in [1.807, 2.05) is 12.1 Å². The number of aromatic nitrogens is 1. The molecule has 0 atom stereocenters. The highest BCUT2D eigenvalue weighted by atomic mass is 35.5. The van der Waals surface area contributed by atoms with E-state index in [1.165, 1.54) is 17.4 Å². The number of Topliss-reactive ketones (excluding diaryl/α,β-unsaturated/α-hetero) is 1. The van der Waals surface area contributed by atoms with Crippen LogP contribution in [0.15, 0.2) is 54.7 Å². The topological polar surface area (TPSA) is 68.3 Å². The van der Waals surface area contributed by atoms with Gasteiger partial charge >= 0.3 is 0 Å². The van der Waals surface area contributed by atoms with Crippen molar-refractivity contribution >= 4 is 52.3 Å². The van der Waals surface area contributed by atoms with Crippen LogP contribution in [0.3, 0.4) is 0 Å². The first kappa shape index (κ1) is 22.0. The zero-order valence-electron chi connectivity index (χ0n) is 16.0. The molecule has 0 saturated carbocycles. The van der Waals surface area contributed by atoms with E-state index in [4.69, 9.17) is 27.9 Å². The van der Waals surface area contributed by atoms with Crippen LogP contribution in [-0.4, -0.2) is 29.8 Å². The Bertz CT molecular complexity index is 1100. The molecule has 0 aliphatic rings. The quantitative estimate of drug-likeness (QED) is 0.207. The van der Waals surface area contributed by atoms with E-state index in [9.17, 15) is 9.59 Å². The zero-order valence-corrected chi connectivity index (χ0v) is 18.4. The van der Waals surface area contributed by atoms with E-state index >= 15 is 0 Å². The summed E-state index contributed by atoms with van der Waals surface area (Å²) in [6, 6.07) is 12.7. The molecule has 154 valence electrons. The third kappa shape index (κ3) is 5.92. The Morgan fingerprint density at radius 2 is 2.03 bits per heavy atom. The van der Waals surface area contributed by atoms with Crippen LogP contribution in [0.5, 0.6) is 5.75 Å². The van der Waals surface area contributed by atoms with E-state index in [1.54, 1.807) is 49.5 Å². The van der Waals surface area contributed by atoms with Crippen LogP contribution in [0.2, 0.25) is 10.2 Å². The van der Waals surface area contributed by atoms with Gasteiger partial charge in [-0.15, -0.1) is 11.3 Å². The number of ether oxygens (including phenoxy) is 1. The van der Waals surface area contributed by atoms with Crippen LogP contribution in [0.25, 0.3) is 16.5 Å². The van der Waals surface area contributed by atoms with Crippen LogP contribution in [-0.2, 0) is 4.79 Å². The number of thiophene rings is 1. The fourth-order valence-electron chi connectivity index (χ4n) is 2.54. The molecular weight excluding hydrogens is 443 g/mol. The van der Waals surface area contributed by atoms with E-state index in [0.29, 0.717) is 32.9 Å². The Labute approximate surface area is 188 Å². The number of rotatable bonds is 8. The standard InChI is InChI=1S/C22H18Cl2N2O3S/c1-14(27)19-7-8-20(30-19)16-4-6-18(17(23)13-16)29-12-11-25-21(28)9-5-15-3-2-10-26-22(15)24/h2-10,13H,11-12H2,1H3,(H,25,28)/b9-5+. The maximum Gasteiger partial charge on any atom is 0.244 e. The highest BCUT2D eigenvalue weighted by molar-refractivity contribution is 7.17. The fourth-order valence-corrected chi connectivity index (χ4v) is 3.85. The van der Waals surface area contributed by atoms with E-state index in [0.717, 1.165) is 10.4 Å². The van der Waals surface area contributed by atoms with Crippen LogP contribution in [0.4, 0.5) is 0 Å². The summed E-state index contributed by atoms with van der Waals surface area (Å²) in [5, 5.41) is 3.52. The van der Waals surface area contributed by atoms with Gasteiger partial charge < -0.3 is 10.1 Å². The summed E-state index contributed by atoms with van der Waals surface area (Å²) >= 11 is 13.7. The van der Waals surface area contributed by atoms with Crippen LogP contribution >= 0.6 is 34.5 Å². The molecule has 3 aromatic rings. The maximum absolute atomic E-state index is 11.9. The number of amides is 1. The Morgan fingerprint density at radius 1 is 1.20 bits per heavy atom. The van der Waals surface area contributed by atoms with Crippen molar-refractivity contribution < 1.29 is 14.3 Å². The summed E-state index contributed by atoms with van der Waals surface area (Å²) in [4.78, 5) is 29.0. The van der Waals surface area contributed by atoms with Crippen molar-refractivity contribution in [3.8, 4) is 16.2 Å². The van der Waals surface area contributed by atoms with Gasteiger partial charge in [0, 0.05) is 22.7 Å². The molecule has 1 N–H and O–H groups in total. The lowest BCUT2D eigenvalue weighted by atomic mass is 10.2. The van der Waals surface area contributed by atoms with E-state index < -0.39 is 0 Å². The van der Waals surface area contributed by atoms with Gasteiger partial charge in [-0.25, -0.2) is 4.98 Å². The van der Waals surface area contributed by atoms with E-state index in [2.05, 4.69) is 10.3 Å². The Kier molecular flexibility index (Phi) is 7.63. The molecule has 3 rings (SSSR count). The smallest absolute Gasteiger partial charge is 0.244 e.